The van der Waals surface area contributed by atoms with Gasteiger partial charge in [-0.05, 0) is 35.9 Å². The molecular weight excluding hydrogens is 257 g/mol. The van der Waals surface area contributed by atoms with Gasteiger partial charge >= 0.3 is 0 Å². The second-order valence-electron chi connectivity index (χ2n) is 4.40. The van der Waals surface area contributed by atoms with Crippen LogP contribution in [0.1, 0.15) is 10.4 Å². The Bertz CT molecular complexity index is 777. The smallest absolute Gasteiger partial charge is 0.267 e. The first-order valence-electron chi connectivity index (χ1n) is 6.08. The van der Waals surface area contributed by atoms with Crippen LogP contribution in [0.4, 0.5) is 4.39 Å². The summed E-state index contributed by atoms with van der Waals surface area (Å²) in [5.41, 5.74) is 4.77. The summed E-state index contributed by atoms with van der Waals surface area (Å²) in [6.07, 6.45) is 0. The fourth-order valence-corrected chi connectivity index (χ4v) is 2.28. The molecule has 2 aromatic carbocycles. The van der Waals surface area contributed by atoms with Gasteiger partial charge in [0.15, 0.2) is 0 Å². The van der Waals surface area contributed by atoms with Crippen LogP contribution in [0.5, 0.6) is 0 Å². The molecule has 20 heavy (non-hydrogen) atoms. The molecule has 0 spiro atoms. The van der Waals surface area contributed by atoms with Crippen LogP contribution in [0.2, 0.25) is 0 Å². The molecule has 1 heterocycles. The number of aromatic amines is 1. The van der Waals surface area contributed by atoms with Crippen molar-refractivity contribution in [3.8, 4) is 11.3 Å². The lowest BCUT2D eigenvalue weighted by atomic mass is 10.0. The Morgan fingerprint density at radius 3 is 2.50 bits per heavy atom. The summed E-state index contributed by atoms with van der Waals surface area (Å²) >= 11 is 0. The molecule has 3 rings (SSSR count). The van der Waals surface area contributed by atoms with Crippen LogP contribution in [0.25, 0.3) is 22.2 Å². The molecule has 3 aromatic rings. The minimum atomic E-state index is -0.387. The van der Waals surface area contributed by atoms with E-state index in [1.165, 1.54) is 12.1 Å². The molecule has 4 N–H and O–H groups in total. The number of nitrogens with two attached hydrogens (primary N) is 1. The molecule has 0 aliphatic carbocycles. The third-order valence-corrected chi connectivity index (χ3v) is 3.20. The molecule has 0 bridgehead atoms. The highest BCUT2D eigenvalue weighted by Gasteiger charge is 2.18. The number of hydrazine groups is 1. The highest BCUT2D eigenvalue weighted by Crippen LogP contribution is 2.30. The lowest BCUT2D eigenvalue weighted by Gasteiger charge is -2.03. The third-order valence-electron chi connectivity index (χ3n) is 3.20. The minimum Gasteiger partial charge on any atom is -0.354 e. The van der Waals surface area contributed by atoms with Gasteiger partial charge in [0, 0.05) is 10.9 Å². The van der Waals surface area contributed by atoms with Crippen LogP contribution >= 0.6 is 0 Å². The zero-order chi connectivity index (χ0) is 14.1. The standard InChI is InChI=1S/C15H12FN3O/c16-10-7-5-9(6-8-10)14-13(15(20)19-17)11-3-1-2-4-12(11)18-14/h1-8,18H,17H2,(H,19,20). The molecule has 1 amide bonds. The van der Waals surface area contributed by atoms with Crippen LogP contribution in [-0.2, 0) is 0 Å². The number of nitrogen functional groups attached to an aromatic ring is 1. The van der Waals surface area contributed by atoms with Gasteiger partial charge in [0.1, 0.15) is 5.82 Å². The van der Waals surface area contributed by atoms with Gasteiger partial charge in [-0.25, -0.2) is 10.2 Å². The molecule has 5 heteroatoms. The van der Waals surface area contributed by atoms with Gasteiger partial charge in [0.25, 0.3) is 5.91 Å². The Morgan fingerprint density at radius 2 is 1.80 bits per heavy atom. The second-order valence-corrected chi connectivity index (χ2v) is 4.40. The number of carbonyl (C=O) groups is 1. The Balaban J connectivity index is 2.29. The zero-order valence-electron chi connectivity index (χ0n) is 10.5. The average molecular weight is 269 g/mol. The SMILES string of the molecule is NNC(=O)c1c(-c2ccc(F)cc2)[nH]c2ccccc12. The van der Waals surface area contributed by atoms with E-state index in [2.05, 4.69) is 10.4 Å². The van der Waals surface area contributed by atoms with Crippen molar-refractivity contribution in [1.29, 1.82) is 0 Å². The van der Waals surface area contributed by atoms with E-state index >= 15 is 0 Å². The maximum Gasteiger partial charge on any atom is 0.267 e. The van der Waals surface area contributed by atoms with Crippen molar-refractivity contribution in [2.24, 2.45) is 5.84 Å². The monoisotopic (exact) mass is 269 g/mol. The highest BCUT2D eigenvalue weighted by molar-refractivity contribution is 6.12. The number of aromatic nitrogens is 1. The number of benzene rings is 2. The van der Waals surface area contributed by atoms with E-state index in [1.54, 1.807) is 12.1 Å². The summed E-state index contributed by atoms with van der Waals surface area (Å²) in [5.74, 6) is 4.54. The Labute approximate surface area is 114 Å². The number of rotatable bonds is 2. The van der Waals surface area contributed by atoms with Crippen molar-refractivity contribution >= 4 is 16.8 Å². The predicted molar refractivity (Wildman–Crippen MR) is 75.3 cm³/mol. The highest BCUT2D eigenvalue weighted by atomic mass is 19.1. The van der Waals surface area contributed by atoms with E-state index in [-0.39, 0.29) is 11.7 Å². The van der Waals surface area contributed by atoms with Gasteiger partial charge in [-0.15, -0.1) is 0 Å². The quantitative estimate of drug-likeness (QED) is 0.380. The number of carbonyl (C=O) groups excluding carboxylic acids is 1. The Kier molecular flexibility index (Phi) is 2.96. The van der Waals surface area contributed by atoms with Crippen molar-refractivity contribution in [3.63, 3.8) is 0 Å². The second kappa shape index (κ2) is 4.79. The van der Waals surface area contributed by atoms with E-state index in [9.17, 15) is 9.18 Å². The van der Waals surface area contributed by atoms with Crippen LogP contribution in [0, 0.1) is 5.82 Å². The van der Waals surface area contributed by atoms with Gasteiger partial charge in [-0.3, -0.25) is 10.2 Å². The molecular formula is C15H12FN3O. The van der Waals surface area contributed by atoms with Gasteiger partial charge in [-0.2, -0.15) is 0 Å². The molecule has 0 aliphatic rings. The fraction of sp³-hybridized carbons (Fsp3) is 0. The molecule has 0 atom stereocenters. The number of fused-ring (bicyclic) bond motifs is 1. The molecule has 0 saturated carbocycles. The van der Waals surface area contributed by atoms with Crippen molar-refractivity contribution in [2.75, 3.05) is 0 Å². The van der Waals surface area contributed by atoms with Crippen molar-refractivity contribution in [1.82, 2.24) is 10.4 Å². The topological polar surface area (TPSA) is 70.9 Å². The van der Waals surface area contributed by atoms with Gasteiger partial charge in [0.05, 0.1) is 11.3 Å². The van der Waals surface area contributed by atoms with Crippen molar-refractivity contribution in [3.05, 3.63) is 59.9 Å². The van der Waals surface area contributed by atoms with E-state index in [1.807, 2.05) is 24.3 Å². The van der Waals surface area contributed by atoms with Crippen LogP contribution in [0.15, 0.2) is 48.5 Å². The summed E-state index contributed by atoms with van der Waals surface area (Å²) in [7, 11) is 0. The molecule has 0 unspecified atom stereocenters. The van der Waals surface area contributed by atoms with E-state index in [0.717, 1.165) is 16.5 Å². The first-order chi connectivity index (χ1) is 9.70. The summed E-state index contributed by atoms with van der Waals surface area (Å²) in [6.45, 7) is 0. The lowest BCUT2D eigenvalue weighted by molar-refractivity contribution is 0.0956. The fourth-order valence-electron chi connectivity index (χ4n) is 2.28. The first kappa shape index (κ1) is 12.4. The largest absolute Gasteiger partial charge is 0.354 e. The maximum atomic E-state index is 13.0. The molecule has 100 valence electrons. The van der Waals surface area contributed by atoms with Crippen LogP contribution < -0.4 is 11.3 Å². The molecule has 4 nitrogen and oxygen atoms in total. The third kappa shape index (κ3) is 1.94. The van der Waals surface area contributed by atoms with Crippen LogP contribution in [-0.4, -0.2) is 10.9 Å². The predicted octanol–water partition coefficient (Wildman–Crippen LogP) is 2.58. The Morgan fingerprint density at radius 1 is 1.10 bits per heavy atom. The minimum absolute atomic E-state index is 0.324. The summed E-state index contributed by atoms with van der Waals surface area (Å²) in [5, 5.41) is 0.773. The van der Waals surface area contributed by atoms with E-state index in [0.29, 0.717) is 11.3 Å². The number of hydrogen-bond acceptors (Lipinski definition) is 2. The normalized spacial score (nSPS) is 10.7. The number of H-pyrrole nitrogens is 1. The first-order valence-corrected chi connectivity index (χ1v) is 6.08. The van der Waals surface area contributed by atoms with Crippen molar-refractivity contribution in [2.45, 2.75) is 0 Å². The summed E-state index contributed by atoms with van der Waals surface area (Å²) < 4.78 is 13.0. The summed E-state index contributed by atoms with van der Waals surface area (Å²) in [6, 6.07) is 13.4. The molecule has 0 radical (unpaired) electrons. The molecule has 0 fully saturated rings. The van der Waals surface area contributed by atoms with Crippen LogP contribution in [0.3, 0.4) is 0 Å². The zero-order valence-corrected chi connectivity index (χ0v) is 10.5. The number of halogens is 1. The maximum absolute atomic E-state index is 13.0. The van der Waals surface area contributed by atoms with Gasteiger partial charge < -0.3 is 4.98 Å². The van der Waals surface area contributed by atoms with E-state index in [4.69, 9.17) is 5.84 Å². The number of nitrogens with one attached hydrogen (secondary N) is 2. The van der Waals surface area contributed by atoms with Gasteiger partial charge in [-0.1, -0.05) is 18.2 Å². The van der Waals surface area contributed by atoms with Gasteiger partial charge in [0.2, 0.25) is 0 Å². The average Bonchev–Trinajstić information content (AvgIpc) is 2.86. The number of amides is 1. The number of para-hydroxylation sites is 1. The van der Waals surface area contributed by atoms with E-state index < -0.39 is 0 Å². The molecule has 1 aromatic heterocycles. The van der Waals surface area contributed by atoms with Crippen molar-refractivity contribution < 1.29 is 9.18 Å². The Hall–Kier alpha value is -2.66. The number of hydrogen-bond donors (Lipinski definition) is 3. The lowest BCUT2D eigenvalue weighted by Crippen LogP contribution is -2.30. The molecule has 0 aliphatic heterocycles. The molecule has 0 saturated heterocycles. The summed E-state index contributed by atoms with van der Waals surface area (Å²) in [4.78, 5) is 15.2.